The van der Waals surface area contributed by atoms with Gasteiger partial charge in [0, 0.05) is 13.6 Å². The standard InChI is InChI=1S/C20H23F3N2O4S/c1-25-19(15-7-5-8-16(12-15)20(21,22)23)18(13-29-25)30(26,27)24-11-10-14-6-3-4-9-17(14)28-2/h3-9,12,18-19,24H,10-11,13H2,1-2H3. The zero-order valence-corrected chi connectivity index (χ0v) is 17.3. The fourth-order valence-electron chi connectivity index (χ4n) is 3.52. The molecule has 30 heavy (non-hydrogen) atoms. The molecule has 0 bridgehead atoms. The molecule has 1 fully saturated rings. The van der Waals surface area contributed by atoms with E-state index in [2.05, 4.69) is 4.72 Å². The van der Waals surface area contributed by atoms with Gasteiger partial charge in [-0.3, -0.25) is 4.84 Å². The van der Waals surface area contributed by atoms with E-state index in [-0.39, 0.29) is 18.7 Å². The van der Waals surface area contributed by atoms with E-state index in [0.29, 0.717) is 12.2 Å². The molecule has 1 saturated heterocycles. The molecule has 1 aliphatic rings. The van der Waals surface area contributed by atoms with E-state index in [1.807, 2.05) is 18.2 Å². The van der Waals surface area contributed by atoms with Gasteiger partial charge in [0.25, 0.3) is 0 Å². The zero-order chi connectivity index (χ0) is 21.9. The molecule has 0 aliphatic carbocycles. The Balaban J connectivity index is 1.76. The summed E-state index contributed by atoms with van der Waals surface area (Å²) in [6.45, 7) is -0.0281. The number of hydrogen-bond acceptors (Lipinski definition) is 5. The number of benzene rings is 2. The first-order valence-corrected chi connectivity index (χ1v) is 10.8. The summed E-state index contributed by atoms with van der Waals surface area (Å²) in [4.78, 5) is 5.36. The molecule has 2 unspecified atom stereocenters. The number of hydrogen-bond donors (Lipinski definition) is 1. The highest BCUT2D eigenvalue weighted by Gasteiger charge is 2.43. The van der Waals surface area contributed by atoms with Crippen LogP contribution in [0.15, 0.2) is 48.5 Å². The first-order chi connectivity index (χ1) is 14.1. The van der Waals surface area contributed by atoms with Gasteiger partial charge < -0.3 is 4.74 Å². The average Bonchev–Trinajstić information content (AvgIpc) is 3.10. The van der Waals surface area contributed by atoms with Crippen molar-refractivity contribution in [2.75, 3.05) is 27.3 Å². The summed E-state index contributed by atoms with van der Waals surface area (Å²) >= 11 is 0. The molecule has 164 valence electrons. The van der Waals surface area contributed by atoms with Crippen molar-refractivity contribution in [2.24, 2.45) is 0 Å². The van der Waals surface area contributed by atoms with Crippen LogP contribution in [0.3, 0.4) is 0 Å². The number of ether oxygens (including phenoxy) is 1. The highest BCUT2D eigenvalue weighted by atomic mass is 32.2. The van der Waals surface area contributed by atoms with E-state index in [1.54, 1.807) is 6.07 Å². The number of methoxy groups -OCH3 is 1. The van der Waals surface area contributed by atoms with Crippen LogP contribution in [0.1, 0.15) is 22.7 Å². The number of alkyl halides is 3. The van der Waals surface area contributed by atoms with E-state index < -0.39 is 33.1 Å². The lowest BCUT2D eigenvalue weighted by Gasteiger charge is -2.24. The minimum atomic E-state index is -4.52. The molecule has 2 aromatic rings. The fraction of sp³-hybridized carbons (Fsp3) is 0.400. The molecule has 1 aliphatic heterocycles. The molecule has 0 amide bonds. The van der Waals surface area contributed by atoms with Crippen LogP contribution in [0.5, 0.6) is 5.75 Å². The number of para-hydroxylation sites is 1. The number of rotatable bonds is 7. The van der Waals surface area contributed by atoms with Crippen LogP contribution in [0, 0.1) is 0 Å². The maximum Gasteiger partial charge on any atom is 0.416 e. The van der Waals surface area contributed by atoms with Gasteiger partial charge in [0.2, 0.25) is 10.0 Å². The third-order valence-electron chi connectivity index (χ3n) is 5.03. The van der Waals surface area contributed by atoms with Crippen LogP contribution >= 0.6 is 0 Å². The van der Waals surface area contributed by atoms with Gasteiger partial charge in [-0.1, -0.05) is 30.3 Å². The van der Waals surface area contributed by atoms with Gasteiger partial charge in [-0.15, -0.1) is 0 Å². The molecule has 0 aromatic heterocycles. The lowest BCUT2D eigenvalue weighted by Crippen LogP contribution is -2.40. The zero-order valence-electron chi connectivity index (χ0n) is 16.5. The van der Waals surface area contributed by atoms with Gasteiger partial charge in [0.15, 0.2) is 0 Å². The van der Waals surface area contributed by atoms with Crippen LogP contribution in [0.4, 0.5) is 13.2 Å². The number of sulfonamides is 1. The molecular formula is C20H23F3N2O4S. The lowest BCUT2D eigenvalue weighted by atomic mass is 10.0. The van der Waals surface area contributed by atoms with Crippen LogP contribution in [-0.2, 0) is 27.5 Å². The van der Waals surface area contributed by atoms with Crippen molar-refractivity contribution in [3.05, 3.63) is 65.2 Å². The Morgan fingerprint density at radius 1 is 1.20 bits per heavy atom. The minimum Gasteiger partial charge on any atom is -0.496 e. The van der Waals surface area contributed by atoms with E-state index in [9.17, 15) is 21.6 Å². The van der Waals surface area contributed by atoms with E-state index in [4.69, 9.17) is 9.57 Å². The van der Waals surface area contributed by atoms with Crippen LogP contribution < -0.4 is 9.46 Å². The predicted octanol–water partition coefficient (Wildman–Crippen LogP) is 3.16. The first-order valence-electron chi connectivity index (χ1n) is 9.27. The van der Waals surface area contributed by atoms with Crippen molar-refractivity contribution >= 4 is 10.0 Å². The first kappa shape index (κ1) is 22.5. The Kier molecular flexibility index (Phi) is 6.71. The monoisotopic (exact) mass is 444 g/mol. The summed E-state index contributed by atoms with van der Waals surface area (Å²) in [7, 11) is -0.822. The topological polar surface area (TPSA) is 67.9 Å². The summed E-state index contributed by atoms with van der Waals surface area (Å²) in [5.41, 5.74) is 0.238. The number of halogens is 3. The van der Waals surface area contributed by atoms with Gasteiger partial charge in [-0.25, -0.2) is 13.1 Å². The van der Waals surface area contributed by atoms with E-state index in [0.717, 1.165) is 17.7 Å². The Morgan fingerprint density at radius 3 is 2.63 bits per heavy atom. The lowest BCUT2D eigenvalue weighted by molar-refractivity contribution is -0.138. The summed E-state index contributed by atoms with van der Waals surface area (Å²) in [6.07, 6.45) is -4.11. The second-order valence-electron chi connectivity index (χ2n) is 6.95. The van der Waals surface area contributed by atoms with Gasteiger partial charge in [0.05, 0.1) is 25.3 Å². The second-order valence-corrected chi connectivity index (χ2v) is 8.93. The van der Waals surface area contributed by atoms with Crippen molar-refractivity contribution < 1.29 is 31.2 Å². The molecule has 2 atom stereocenters. The predicted molar refractivity (Wildman–Crippen MR) is 105 cm³/mol. The summed E-state index contributed by atoms with van der Waals surface area (Å²) in [5.74, 6) is 0.655. The molecule has 2 aromatic carbocycles. The van der Waals surface area contributed by atoms with Crippen molar-refractivity contribution in [3.63, 3.8) is 0 Å². The molecule has 0 spiro atoms. The fourth-order valence-corrected chi connectivity index (χ4v) is 5.03. The Hall–Kier alpha value is -2.14. The molecule has 0 saturated carbocycles. The van der Waals surface area contributed by atoms with Gasteiger partial charge in [0.1, 0.15) is 11.0 Å². The highest BCUT2D eigenvalue weighted by molar-refractivity contribution is 7.90. The summed E-state index contributed by atoms with van der Waals surface area (Å²) < 4.78 is 72.9. The maximum absolute atomic E-state index is 13.1. The largest absolute Gasteiger partial charge is 0.496 e. The van der Waals surface area contributed by atoms with E-state index >= 15 is 0 Å². The van der Waals surface area contributed by atoms with Crippen LogP contribution in [0.2, 0.25) is 0 Å². The summed E-state index contributed by atoms with van der Waals surface area (Å²) in [5, 5.41) is 0.239. The van der Waals surface area contributed by atoms with Gasteiger partial charge in [-0.05, 0) is 35.7 Å². The van der Waals surface area contributed by atoms with Crippen molar-refractivity contribution in [1.29, 1.82) is 0 Å². The molecule has 1 N–H and O–H groups in total. The molecule has 6 nitrogen and oxygen atoms in total. The van der Waals surface area contributed by atoms with E-state index in [1.165, 1.54) is 31.4 Å². The Labute approximate surface area is 173 Å². The van der Waals surface area contributed by atoms with Crippen molar-refractivity contribution in [2.45, 2.75) is 23.9 Å². The Bertz CT molecular complexity index is 982. The second kappa shape index (κ2) is 8.93. The number of nitrogens with zero attached hydrogens (tertiary/aromatic N) is 1. The van der Waals surface area contributed by atoms with Crippen LogP contribution in [0.25, 0.3) is 0 Å². The smallest absolute Gasteiger partial charge is 0.416 e. The van der Waals surface area contributed by atoms with Crippen molar-refractivity contribution in [1.82, 2.24) is 9.79 Å². The third kappa shape index (κ3) is 4.94. The number of hydroxylamine groups is 2. The highest BCUT2D eigenvalue weighted by Crippen LogP contribution is 2.36. The summed E-state index contributed by atoms with van der Waals surface area (Å²) in [6, 6.07) is 11.1. The normalized spacial score (nSPS) is 20.4. The van der Waals surface area contributed by atoms with Gasteiger partial charge >= 0.3 is 6.18 Å². The average molecular weight is 444 g/mol. The number of nitrogens with one attached hydrogen (secondary N) is 1. The molecular weight excluding hydrogens is 421 g/mol. The molecule has 10 heteroatoms. The SMILES string of the molecule is COc1ccccc1CCNS(=O)(=O)C1CON(C)C1c1cccc(C(F)(F)F)c1. The molecule has 3 rings (SSSR count). The Morgan fingerprint density at radius 2 is 1.93 bits per heavy atom. The maximum atomic E-state index is 13.1. The molecule has 1 heterocycles. The van der Waals surface area contributed by atoms with Crippen molar-refractivity contribution in [3.8, 4) is 5.75 Å². The molecule has 0 radical (unpaired) electrons. The van der Waals surface area contributed by atoms with Gasteiger partial charge in [-0.2, -0.15) is 18.2 Å². The third-order valence-corrected chi connectivity index (χ3v) is 6.83. The van der Waals surface area contributed by atoms with Crippen LogP contribution in [-0.4, -0.2) is 46.0 Å². The quantitative estimate of drug-likeness (QED) is 0.711. The minimum absolute atomic E-state index is 0.123.